The molecule has 0 spiro atoms. The van der Waals surface area contributed by atoms with Gasteiger partial charge in [0.2, 0.25) is 5.01 Å². The largest absolute Gasteiger partial charge is 0.455 e. The molecule has 0 radical (unpaired) electrons. The maximum absolute atomic E-state index is 11.4. The van der Waals surface area contributed by atoms with Gasteiger partial charge in [0.05, 0.1) is 0 Å². The van der Waals surface area contributed by atoms with Crippen molar-refractivity contribution in [3.8, 4) is 0 Å². The lowest BCUT2D eigenvalue weighted by atomic mass is 10.2. The van der Waals surface area contributed by atoms with Gasteiger partial charge in [-0.1, -0.05) is 30.3 Å². The highest BCUT2D eigenvalue weighted by molar-refractivity contribution is 7.11. The van der Waals surface area contributed by atoms with Gasteiger partial charge >= 0.3 is 5.97 Å². The highest BCUT2D eigenvalue weighted by Crippen LogP contribution is 2.08. The van der Waals surface area contributed by atoms with Crippen molar-refractivity contribution in [1.82, 2.24) is 4.98 Å². The Labute approximate surface area is 91.4 Å². The van der Waals surface area contributed by atoms with Crippen LogP contribution in [0.15, 0.2) is 41.9 Å². The smallest absolute Gasteiger partial charge is 0.367 e. The van der Waals surface area contributed by atoms with Crippen LogP contribution in [0.5, 0.6) is 0 Å². The van der Waals surface area contributed by atoms with Crippen LogP contribution >= 0.6 is 11.3 Å². The molecular weight excluding hydrogens is 210 g/mol. The third-order valence-electron chi connectivity index (χ3n) is 1.82. The lowest BCUT2D eigenvalue weighted by molar-refractivity contribution is 0.0472. The normalized spacial score (nSPS) is 9.87. The van der Waals surface area contributed by atoms with Crippen molar-refractivity contribution in [2.45, 2.75) is 6.61 Å². The first kappa shape index (κ1) is 9.86. The van der Waals surface area contributed by atoms with Gasteiger partial charge in [-0.2, -0.15) is 0 Å². The summed E-state index contributed by atoms with van der Waals surface area (Å²) < 4.78 is 5.08. The molecular formula is C11H9NO2S. The number of hydrogen-bond acceptors (Lipinski definition) is 4. The van der Waals surface area contributed by atoms with Crippen LogP contribution < -0.4 is 0 Å². The van der Waals surface area contributed by atoms with Gasteiger partial charge in [0.15, 0.2) is 0 Å². The summed E-state index contributed by atoms with van der Waals surface area (Å²) in [6, 6.07) is 9.57. The van der Waals surface area contributed by atoms with E-state index < -0.39 is 0 Å². The quantitative estimate of drug-likeness (QED) is 0.744. The first-order valence-corrected chi connectivity index (χ1v) is 5.35. The molecule has 0 saturated heterocycles. The molecule has 15 heavy (non-hydrogen) atoms. The summed E-state index contributed by atoms with van der Waals surface area (Å²) in [6.45, 7) is 0.291. The molecule has 76 valence electrons. The molecule has 0 amide bonds. The fourth-order valence-corrected chi connectivity index (χ4v) is 1.64. The summed E-state index contributed by atoms with van der Waals surface area (Å²) in [7, 11) is 0. The van der Waals surface area contributed by atoms with Gasteiger partial charge in [0.25, 0.3) is 0 Å². The first-order chi connectivity index (χ1) is 7.36. The Morgan fingerprint density at radius 1 is 1.33 bits per heavy atom. The second-order valence-electron chi connectivity index (χ2n) is 2.90. The summed E-state index contributed by atoms with van der Waals surface area (Å²) in [4.78, 5) is 15.3. The van der Waals surface area contributed by atoms with Gasteiger partial charge in [-0.3, -0.25) is 0 Å². The standard InChI is InChI=1S/C11H9NO2S/c13-11(10-12-6-7-15-10)14-8-9-4-2-1-3-5-9/h1-7H,8H2. The van der Waals surface area contributed by atoms with Crippen LogP contribution in [0, 0.1) is 0 Å². The molecule has 2 rings (SSSR count). The molecule has 0 fully saturated rings. The number of esters is 1. The number of thiazole rings is 1. The average molecular weight is 219 g/mol. The molecule has 2 aromatic rings. The van der Waals surface area contributed by atoms with Crippen molar-refractivity contribution in [3.63, 3.8) is 0 Å². The van der Waals surface area contributed by atoms with Crippen LogP contribution in [0.4, 0.5) is 0 Å². The van der Waals surface area contributed by atoms with Gasteiger partial charge in [0.1, 0.15) is 6.61 Å². The molecule has 4 heteroatoms. The maximum Gasteiger partial charge on any atom is 0.367 e. The number of hydrogen-bond donors (Lipinski definition) is 0. The van der Waals surface area contributed by atoms with Crippen molar-refractivity contribution < 1.29 is 9.53 Å². The molecule has 0 N–H and O–H groups in total. The summed E-state index contributed by atoms with van der Waals surface area (Å²) >= 11 is 1.28. The minimum absolute atomic E-state index is 0.291. The topological polar surface area (TPSA) is 39.2 Å². The molecule has 3 nitrogen and oxygen atoms in total. The Kier molecular flexibility index (Phi) is 3.09. The van der Waals surface area contributed by atoms with E-state index in [-0.39, 0.29) is 5.97 Å². The molecule has 0 aliphatic rings. The maximum atomic E-state index is 11.4. The number of carbonyl (C=O) groups excluding carboxylic acids is 1. The van der Waals surface area contributed by atoms with E-state index in [1.54, 1.807) is 11.6 Å². The van der Waals surface area contributed by atoms with E-state index in [0.29, 0.717) is 11.6 Å². The fourth-order valence-electron chi connectivity index (χ4n) is 1.11. The highest BCUT2D eigenvalue weighted by Gasteiger charge is 2.09. The molecule has 1 aromatic carbocycles. The Bertz CT molecular complexity index is 425. The van der Waals surface area contributed by atoms with Crippen LogP contribution in [0.25, 0.3) is 0 Å². The summed E-state index contributed by atoms with van der Waals surface area (Å²) in [6.07, 6.45) is 1.59. The fraction of sp³-hybridized carbons (Fsp3) is 0.0909. The molecule has 0 saturated carbocycles. The Morgan fingerprint density at radius 3 is 2.80 bits per heavy atom. The Balaban J connectivity index is 1.92. The minimum atomic E-state index is -0.367. The van der Waals surface area contributed by atoms with Crippen molar-refractivity contribution >= 4 is 17.3 Å². The van der Waals surface area contributed by atoms with Gasteiger partial charge in [-0.05, 0) is 5.56 Å². The van der Waals surface area contributed by atoms with Crippen LogP contribution in [-0.4, -0.2) is 11.0 Å². The number of ether oxygens (including phenoxy) is 1. The monoisotopic (exact) mass is 219 g/mol. The van der Waals surface area contributed by atoms with E-state index in [1.807, 2.05) is 30.3 Å². The van der Waals surface area contributed by atoms with Crippen molar-refractivity contribution in [2.75, 3.05) is 0 Å². The number of aromatic nitrogens is 1. The number of carbonyl (C=O) groups is 1. The van der Waals surface area contributed by atoms with E-state index in [2.05, 4.69) is 4.98 Å². The van der Waals surface area contributed by atoms with Crippen LogP contribution in [0.1, 0.15) is 15.4 Å². The second-order valence-corrected chi connectivity index (χ2v) is 3.79. The van der Waals surface area contributed by atoms with E-state index in [0.717, 1.165) is 5.56 Å². The Morgan fingerprint density at radius 2 is 2.13 bits per heavy atom. The number of rotatable bonds is 3. The molecule has 0 bridgehead atoms. The highest BCUT2D eigenvalue weighted by atomic mass is 32.1. The Hall–Kier alpha value is -1.68. The third kappa shape index (κ3) is 2.63. The van der Waals surface area contributed by atoms with Gasteiger partial charge in [-0.25, -0.2) is 9.78 Å². The predicted octanol–water partition coefficient (Wildman–Crippen LogP) is 2.50. The summed E-state index contributed by atoms with van der Waals surface area (Å²) in [5.41, 5.74) is 0.974. The van der Waals surface area contributed by atoms with Crippen molar-refractivity contribution in [2.24, 2.45) is 0 Å². The molecule has 0 unspecified atom stereocenters. The number of nitrogens with zero attached hydrogens (tertiary/aromatic N) is 1. The summed E-state index contributed by atoms with van der Waals surface area (Å²) in [5.74, 6) is -0.367. The van der Waals surface area contributed by atoms with E-state index >= 15 is 0 Å². The molecule has 1 heterocycles. The zero-order chi connectivity index (χ0) is 10.5. The van der Waals surface area contributed by atoms with Crippen LogP contribution in [0.2, 0.25) is 0 Å². The van der Waals surface area contributed by atoms with Gasteiger partial charge in [0, 0.05) is 11.6 Å². The minimum Gasteiger partial charge on any atom is -0.455 e. The van der Waals surface area contributed by atoms with E-state index in [9.17, 15) is 4.79 Å². The van der Waals surface area contributed by atoms with Crippen LogP contribution in [0.3, 0.4) is 0 Å². The average Bonchev–Trinajstić information content (AvgIpc) is 2.81. The molecule has 0 atom stereocenters. The van der Waals surface area contributed by atoms with Gasteiger partial charge < -0.3 is 4.74 Å². The van der Waals surface area contributed by atoms with Crippen molar-refractivity contribution in [1.29, 1.82) is 0 Å². The number of benzene rings is 1. The SMILES string of the molecule is O=C(OCc1ccccc1)c1nccs1. The first-order valence-electron chi connectivity index (χ1n) is 4.47. The van der Waals surface area contributed by atoms with Crippen molar-refractivity contribution in [3.05, 3.63) is 52.5 Å². The third-order valence-corrected chi connectivity index (χ3v) is 2.57. The van der Waals surface area contributed by atoms with E-state index in [4.69, 9.17) is 4.74 Å². The summed E-state index contributed by atoms with van der Waals surface area (Å²) in [5, 5.41) is 2.14. The zero-order valence-corrected chi connectivity index (χ0v) is 8.74. The zero-order valence-electron chi connectivity index (χ0n) is 7.92. The van der Waals surface area contributed by atoms with Crippen LogP contribution in [-0.2, 0) is 11.3 Å². The lowest BCUT2D eigenvalue weighted by Crippen LogP contribution is -2.04. The predicted molar refractivity (Wildman–Crippen MR) is 57.7 cm³/mol. The second kappa shape index (κ2) is 4.70. The molecule has 1 aromatic heterocycles. The van der Waals surface area contributed by atoms with Gasteiger partial charge in [-0.15, -0.1) is 11.3 Å². The molecule has 0 aliphatic heterocycles. The van der Waals surface area contributed by atoms with E-state index in [1.165, 1.54) is 11.3 Å². The molecule has 0 aliphatic carbocycles. The lowest BCUT2D eigenvalue weighted by Gasteiger charge is -2.01.